The van der Waals surface area contributed by atoms with Crippen molar-refractivity contribution in [2.75, 3.05) is 18.1 Å². The van der Waals surface area contributed by atoms with Crippen LogP contribution in [0.1, 0.15) is 19.8 Å². The summed E-state index contributed by atoms with van der Waals surface area (Å²) in [5.41, 5.74) is 0.157. The van der Waals surface area contributed by atoms with E-state index in [1.54, 1.807) is 31.2 Å². The first kappa shape index (κ1) is 19.2. The Kier molecular flexibility index (Phi) is 5.09. The summed E-state index contributed by atoms with van der Waals surface area (Å²) in [6.45, 7) is 1.20. The lowest BCUT2D eigenvalue weighted by Gasteiger charge is -2.23. The smallest absolute Gasteiger partial charge is 0.419 e. The Morgan fingerprint density at radius 3 is 2.78 bits per heavy atom. The van der Waals surface area contributed by atoms with Crippen LogP contribution in [0.5, 0.6) is 0 Å². The summed E-state index contributed by atoms with van der Waals surface area (Å²) >= 11 is 0. The molecule has 1 aliphatic rings. The minimum atomic E-state index is -3.15. The van der Waals surface area contributed by atoms with Crippen molar-refractivity contribution in [3.05, 3.63) is 34.8 Å². The Bertz CT molecular complexity index is 1040. The fraction of sp³-hybridized carbons (Fsp3) is 0.471. The Balaban J connectivity index is 1.49. The van der Waals surface area contributed by atoms with Crippen LogP contribution < -0.4 is 11.1 Å². The van der Waals surface area contributed by atoms with Crippen molar-refractivity contribution in [2.45, 2.75) is 31.8 Å². The number of aromatic nitrogens is 1. The number of amides is 1. The molecule has 0 aliphatic carbocycles. The van der Waals surface area contributed by atoms with Crippen molar-refractivity contribution < 1.29 is 27.2 Å². The number of rotatable bonds is 6. The van der Waals surface area contributed by atoms with Gasteiger partial charge in [-0.05, 0) is 25.5 Å². The minimum absolute atomic E-state index is 0.0248. The normalized spacial score (nSPS) is 21.2. The predicted octanol–water partition coefficient (Wildman–Crippen LogP) is 0.221. The van der Waals surface area contributed by atoms with E-state index in [1.807, 2.05) is 0 Å². The van der Waals surface area contributed by atoms with Gasteiger partial charge in [0.05, 0.1) is 29.0 Å². The molecule has 1 aromatic heterocycles. The predicted molar refractivity (Wildman–Crippen MR) is 95.9 cm³/mol. The second-order valence-corrected chi connectivity index (χ2v) is 9.03. The third kappa shape index (κ3) is 4.57. The van der Waals surface area contributed by atoms with Crippen molar-refractivity contribution in [1.29, 1.82) is 0 Å². The standard InChI is InChI=1S/C17H20N2O7S/c1-17(7-9-27(23,24)11-17)18-14(20)10-25-15(21)6-8-19-12-4-2-3-5-13(12)26-16(19)22/h2-5H,6-11H2,1H3,(H,18,20)/t17-/m0/s1. The van der Waals surface area contributed by atoms with Gasteiger partial charge in [-0.15, -0.1) is 0 Å². The van der Waals surface area contributed by atoms with Crippen LogP contribution in [0.25, 0.3) is 11.1 Å². The molecule has 1 atom stereocenters. The fourth-order valence-electron chi connectivity index (χ4n) is 3.13. The molecule has 1 saturated heterocycles. The van der Waals surface area contributed by atoms with Gasteiger partial charge in [0.25, 0.3) is 5.91 Å². The summed E-state index contributed by atoms with van der Waals surface area (Å²) < 4.78 is 34.4. The number of hydrogen-bond acceptors (Lipinski definition) is 7. The van der Waals surface area contributed by atoms with E-state index in [2.05, 4.69) is 5.32 Å². The zero-order chi connectivity index (χ0) is 19.7. The van der Waals surface area contributed by atoms with E-state index >= 15 is 0 Å². The van der Waals surface area contributed by atoms with E-state index in [4.69, 9.17) is 9.15 Å². The molecule has 0 saturated carbocycles. The van der Waals surface area contributed by atoms with Gasteiger partial charge in [-0.1, -0.05) is 12.1 Å². The number of nitrogens with zero attached hydrogens (tertiary/aromatic N) is 1. The molecule has 2 aromatic rings. The van der Waals surface area contributed by atoms with E-state index in [9.17, 15) is 22.8 Å². The van der Waals surface area contributed by atoms with Crippen molar-refractivity contribution in [1.82, 2.24) is 9.88 Å². The molecule has 1 aliphatic heterocycles. The zero-order valence-corrected chi connectivity index (χ0v) is 15.6. The molecule has 1 aromatic carbocycles. The second-order valence-electron chi connectivity index (χ2n) is 6.85. The van der Waals surface area contributed by atoms with Crippen LogP contribution >= 0.6 is 0 Å². The number of esters is 1. The van der Waals surface area contributed by atoms with Gasteiger partial charge in [0.15, 0.2) is 22.0 Å². The van der Waals surface area contributed by atoms with Gasteiger partial charge >= 0.3 is 11.7 Å². The molecule has 1 amide bonds. The van der Waals surface area contributed by atoms with Crippen molar-refractivity contribution in [3.63, 3.8) is 0 Å². The topological polar surface area (TPSA) is 125 Å². The number of carbonyl (C=O) groups excluding carboxylic acids is 2. The van der Waals surface area contributed by atoms with Gasteiger partial charge < -0.3 is 14.5 Å². The lowest BCUT2D eigenvalue weighted by molar-refractivity contribution is -0.149. The van der Waals surface area contributed by atoms with Gasteiger partial charge in [-0.2, -0.15) is 0 Å². The van der Waals surface area contributed by atoms with Crippen LogP contribution in [0, 0.1) is 0 Å². The average molecular weight is 396 g/mol. The highest BCUT2D eigenvalue weighted by atomic mass is 32.2. The van der Waals surface area contributed by atoms with Gasteiger partial charge in [0.1, 0.15) is 0 Å². The number of hydrogen-bond donors (Lipinski definition) is 1. The molecule has 1 N–H and O–H groups in total. The first-order valence-corrected chi connectivity index (χ1v) is 10.3. The molecule has 10 heteroatoms. The molecule has 27 heavy (non-hydrogen) atoms. The first-order valence-electron chi connectivity index (χ1n) is 8.43. The minimum Gasteiger partial charge on any atom is -0.456 e. The average Bonchev–Trinajstić information content (AvgIpc) is 3.05. The Morgan fingerprint density at radius 1 is 1.33 bits per heavy atom. The van der Waals surface area contributed by atoms with E-state index in [1.165, 1.54) is 4.57 Å². The Hall–Kier alpha value is -2.62. The maximum absolute atomic E-state index is 11.9. The zero-order valence-electron chi connectivity index (χ0n) is 14.8. The molecule has 0 spiro atoms. The van der Waals surface area contributed by atoms with Crippen LogP contribution in [-0.4, -0.2) is 48.5 Å². The first-order chi connectivity index (χ1) is 12.7. The summed E-state index contributed by atoms with van der Waals surface area (Å²) in [6, 6.07) is 6.84. The highest BCUT2D eigenvalue weighted by Gasteiger charge is 2.39. The number of oxazole rings is 1. The van der Waals surface area contributed by atoms with Crippen molar-refractivity contribution in [2.24, 2.45) is 0 Å². The lowest BCUT2D eigenvalue weighted by atomic mass is 10.0. The van der Waals surface area contributed by atoms with Crippen molar-refractivity contribution >= 4 is 32.8 Å². The number of nitrogens with one attached hydrogen (secondary N) is 1. The summed E-state index contributed by atoms with van der Waals surface area (Å²) in [7, 11) is -3.15. The van der Waals surface area contributed by atoms with Crippen LogP contribution in [0.4, 0.5) is 0 Å². The number of para-hydroxylation sites is 2. The monoisotopic (exact) mass is 396 g/mol. The molecule has 0 bridgehead atoms. The molecule has 9 nitrogen and oxygen atoms in total. The Morgan fingerprint density at radius 2 is 2.07 bits per heavy atom. The number of benzene rings is 1. The van der Waals surface area contributed by atoms with E-state index < -0.39 is 39.6 Å². The highest BCUT2D eigenvalue weighted by molar-refractivity contribution is 7.91. The van der Waals surface area contributed by atoms with Crippen LogP contribution in [-0.2, 0) is 30.7 Å². The van der Waals surface area contributed by atoms with Crippen LogP contribution in [0.3, 0.4) is 0 Å². The Labute approximate surface area is 155 Å². The molecule has 2 heterocycles. The molecular weight excluding hydrogens is 376 g/mol. The summed E-state index contributed by atoms with van der Waals surface area (Å²) in [6.07, 6.45) is 0.216. The molecule has 1 fully saturated rings. The van der Waals surface area contributed by atoms with Crippen LogP contribution in [0.2, 0.25) is 0 Å². The third-order valence-electron chi connectivity index (χ3n) is 4.42. The number of aryl methyl sites for hydroxylation is 1. The van der Waals surface area contributed by atoms with Gasteiger partial charge in [-0.3, -0.25) is 14.2 Å². The number of fused-ring (bicyclic) bond motifs is 1. The molecule has 0 radical (unpaired) electrons. The molecule has 3 rings (SSSR count). The highest BCUT2D eigenvalue weighted by Crippen LogP contribution is 2.22. The SMILES string of the molecule is C[C@]1(NC(=O)COC(=O)CCn2c(=O)oc3ccccc32)CCS(=O)(=O)C1. The summed E-state index contributed by atoms with van der Waals surface area (Å²) in [4.78, 5) is 35.6. The van der Waals surface area contributed by atoms with Crippen LogP contribution in [0.15, 0.2) is 33.5 Å². The lowest BCUT2D eigenvalue weighted by Crippen LogP contribution is -2.48. The summed E-state index contributed by atoms with van der Waals surface area (Å²) in [5.74, 6) is -1.88. The third-order valence-corrected chi connectivity index (χ3v) is 6.33. The molecular formula is C17H20N2O7S. The number of carbonyl (C=O) groups is 2. The maximum atomic E-state index is 11.9. The summed E-state index contributed by atoms with van der Waals surface area (Å²) in [5, 5.41) is 2.60. The molecule has 146 valence electrons. The second kappa shape index (κ2) is 7.18. The fourth-order valence-corrected chi connectivity index (χ4v) is 5.22. The van der Waals surface area contributed by atoms with Gasteiger partial charge in [0.2, 0.25) is 0 Å². The van der Waals surface area contributed by atoms with Crippen molar-refractivity contribution in [3.8, 4) is 0 Å². The maximum Gasteiger partial charge on any atom is 0.419 e. The van der Waals surface area contributed by atoms with E-state index in [-0.39, 0.29) is 24.5 Å². The van der Waals surface area contributed by atoms with E-state index in [0.29, 0.717) is 17.5 Å². The number of sulfone groups is 1. The number of ether oxygens (including phenoxy) is 1. The van der Waals surface area contributed by atoms with E-state index in [0.717, 1.165) is 0 Å². The van der Waals surface area contributed by atoms with Gasteiger partial charge in [0, 0.05) is 6.54 Å². The largest absolute Gasteiger partial charge is 0.456 e. The molecule has 0 unspecified atom stereocenters. The van der Waals surface area contributed by atoms with Gasteiger partial charge in [-0.25, -0.2) is 13.2 Å². The quantitative estimate of drug-likeness (QED) is 0.693.